The monoisotopic (exact) mass is 971 g/mol. The van der Waals surface area contributed by atoms with Crippen LogP contribution in [-0.4, -0.2) is 24.1 Å². The summed E-state index contributed by atoms with van der Waals surface area (Å²) >= 11 is 0. The molecular formula is C69H41N5O2. The average molecular weight is 972 g/mol. The maximum absolute atomic E-state index is 6.47. The molecule has 0 fully saturated rings. The fourth-order valence-corrected chi connectivity index (χ4v) is 11.6. The van der Waals surface area contributed by atoms with Crippen LogP contribution < -0.4 is 0 Å². The van der Waals surface area contributed by atoms with Crippen molar-refractivity contribution in [2.24, 2.45) is 0 Å². The summed E-state index contributed by atoms with van der Waals surface area (Å²) in [6, 6.07) is 87.6. The summed E-state index contributed by atoms with van der Waals surface area (Å²) in [7, 11) is 0. The van der Waals surface area contributed by atoms with E-state index in [2.05, 4.69) is 215 Å². The third-order valence-electron chi connectivity index (χ3n) is 15.1. The number of nitrogens with zero attached hydrogens (tertiary/aromatic N) is 5. The van der Waals surface area contributed by atoms with Gasteiger partial charge in [0.2, 0.25) is 0 Å². The van der Waals surface area contributed by atoms with Crippen molar-refractivity contribution in [1.82, 2.24) is 24.1 Å². The molecule has 0 unspecified atom stereocenters. The zero-order valence-electron chi connectivity index (χ0n) is 40.7. The zero-order valence-corrected chi connectivity index (χ0v) is 40.7. The second kappa shape index (κ2) is 16.6. The first-order valence-electron chi connectivity index (χ1n) is 25.6. The molecule has 7 nitrogen and oxygen atoms in total. The minimum atomic E-state index is 0.544. The van der Waals surface area contributed by atoms with E-state index in [4.69, 9.17) is 23.8 Å². The number of benzene rings is 11. The Morgan fingerprint density at radius 1 is 0.224 bits per heavy atom. The summed E-state index contributed by atoms with van der Waals surface area (Å²) in [5.74, 6) is 1.66. The molecule has 7 heteroatoms. The third kappa shape index (κ3) is 6.66. The van der Waals surface area contributed by atoms with Crippen LogP contribution in [0.3, 0.4) is 0 Å². The molecule has 0 radical (unpaired) electrons. The number of hydrogen-bond donors (Lipinski definition) is 0. The van der Waals surface area contributed by atoms with Crippen molar-refractivity contribution >= 4 is 87.5 Å². The predicted octanol–water partition coefficient (Wildman–Crippen LogP) is 18.2. The number of hydrogen-bond acceptors (Lipinski definition) is 5. The van der Waals surface area contributed by atoms with Gasteiger partial charge in [0.05, 0.1) is 22.1 Å². The number of aromatic nitrogens is 5. The minimum Gasteiger partial charge on any atom is -0.456 e. The van der Waals surface area contributed by atoms with Gasteiger partial charge in [0, 0.05) is 71.2 Å². The molecule has 0 saturated carbocycles. The lowest BCUT2D eigenvalue weighted by Gasteiger charge is -2.16. The summed E-state index contributed by atoms with van der Waals surface area (Å²) in [6.45, 7) is 0. The molecule has 0 spiro atoms. The van der Waals surface area contributed by atoms with Crippen LogP contribution in [0.15, 0.2) is 258 Å². The summed E-state index contributed by atoms with van der Waals surface area (Å²) < 4.78 is 17.7. The van der Waals surface area contributed by atoms with Crippen LogP contribution >= 0.6 is 0 Å². The summed E-state index contributed by atoms with van der Waals surface area (Å²) in [6.07, 6.45) is 0. The Balaban J connectivity index is 0.956. The minimum absolute atomic E-state index is 0.544. The highest BCUT2D eigenvalue weighted by atomic mass is 16.3. The topological polar surface area (TPSA) is 74.8 Å². The van der Waals surface area contributed by atoms with E-state index in [0.29, 0.717) is 17.5 Å². The first-order chi connectivity index (χ1) is 37.6. The molecule has 0 atom stereocenters. The van der Waals surface area contributed by atoms with Gasteiger partial charge < -0.3 is 18.0 Å². The number of fused-ring (bicyclic) bond motifs is 12. The standard InChI is InChI=1S/C69H41N5O2/c1-2-16-42(17-3-1)67-70-68(47-35-45(43-30-32-57-55-22-8-14-28-63(55)75-65(57)39-43)34-46(36-47)44-31-33-58-56-23-9-15-29-64(56)76-66(58)40-44)72-69(71-67)48-37-49(73-59-24-10-4-18-51(59)52-19-5-11-25-60(52)73)41-50(38-48)74-61-26-12-6-20-53(61)54-21-7-13-27-62(54)74/h1-41H. The van der Waals surface area contributed by atoms with Crippen molar-refractivity contribution in [3.05, 3.63) is 249 Å². The van der Waals surface area contributed by atoms with Crippen molar-refractivity contribution in [2.75, 3.05) is 0 Å². The molecule has 76 heavy (non-hydrogen) atoms. The van der Waals surface area contributed by atoms with Gasteiger partial charge in [-0.1, -0.05) is 152 Å². The molecule has 16 rings (SSSR count). The van der Waals surface area contributed by atoms with E-state index in [0.717, 1.165) is 116 Å². The maximum Gasteiger partial charge on any atom is 0.164 e. The second-order valence-corrected chi connectivity index (χ2v) is 19.6. The first kappa shape index (κ1) is 42.2. The Hall–Kier alpha value is -10.4. The van der Waals surface area contributed by atoms with Gasteiger partial charge in [-0.2, -0.15) is 0 Å². The van der Waals surface area contributed by atoms with Crippen LogP contribution in [0.5, 0.6) is 0 Å². The molecule has 0 saturated heterocycles. The van der Waals surface area contributed by atoms with Gasteiger partial charge in [0.25, 0.3) is 0 Å². The summed E-state index contributed by atoms with van der Waals surface area (Å²) in [5, 5.41) is 9.07. The van der Waals surface area contributed by atoms with Crippen LogP contribution in [0.25, 0.3) is 155 Å². The smallest absolute Gasteiger partial charge is 0.164 e. The van der Waals surface area contributed by atoms with Gasteiger partial charge in [-0.3, -0.25) is 0 Å². The van der Waals surface area contributed by atoms with Crippen LogP contribution in [0, 0.1) is 0 Å². The highest BCUT2D eigenvalue weighted by Gasteiger charge is 2.21. The maximum atomic E-state index is 6.47. The second-order valence-electron chi connectivity index (χ2n) is 19.6. The normalized spacial score (nSPS) is 11.9. The highest BCUT2D eigenvalue weighted by Crippen LogP contribution is 2.41. The van der Waals surface area contributed by atoms with E-state index in [1.807, 2.05) is 42.5 Å². The Morgan fingerprint density at radius 2 is 0.566 bits per heavy atom. The molecule has 0 amide bonds. The highest BCUT2D eigenvalue weighted by molar-refractivity contribution is 6.11. The first-order valence-corrected chi connectivity index (χ1v) is 25.6. The van der Waals surface area contributed by atoms with E-state index in [1.165, 1.54) is 21.5 Å². The van der Waals surface area contributed by atoms with Crippen LogP contribution in [-0.2, 0) is 0 Å². The van der Waals surface area contributed by atoms with Crippen LogP contribution in [0.2, 0.25) is 0 Å². The van der Waals surface area contributed by atoms with Gasteiger partial charge in [-0.05, 0) is 119 Å². The Morgan fingerprint density at radius 3 is 1.01 bits per heavy atom. The molecule has 0 N–H and O–H groups in total. The van der Waals surface area contributed by atoms with Crippen molar-refractivity contribution in [1.29, 1.82) is 0 Å². The van der Waals surface area contributed by atoms with E-state index in [1.54, 1.807) is 0 Å². The van der Waals surface area contributed by atoms with Gasteiger partial charge >= 0.3 is 0 Å². The Kier molecular flexibility index (Phi) is 9.20. The van der Waals surface area contributed by atoms with Gasteiger partial charge in [0.15, 0.2) is 17.5 Å². The van der Waals surface area contributed by atoms with Gasteiger partial charge in [-0.25, -0.2) is 15.0 Å². The molecule has 0 aliphatic rings. The fraction of sp³-hybridized carbons (Fsp3) is 0. The SMILES string of the molecule is c1ccc(-c2nc(-c3cc(-c4ccc5c(c4)oc4ccccc45)cc(-c4ccc5c(c4)oc4ccccc45)c3)nc(-c3cc(-n4c5ccccc5c5ccccc54)cc(-n4c5ccccc5c5ccccc54)c3)n2)cc1. The lowest BCUT2D eigenvalue weighted by atomic mass is 9.94. The molecule has 0 aliphatic heterocycles. The zero-order chi connectivity index (χ0) is 49.8. The molecule has 354 valence electrons. The molecular weight excluding hydrogens is 931 g/mol. The fourth-order valence-electron chi connectivity index (χ4n) is 11.6. The largest absolute Gasteiger partial charge is 0.456 e. The number of para-hydroxylation sites is 6. The molecule has 5 heterocycles. The lowest BCUT2D eigenvalue weighted by Crippen LogP contribution is -2.03. The van der Waals surface area contributed by atoms with Crippen molar-refractivity contribution in [3.63, 3.8) is 0 Å². The number of furan rings is 2. The van der Waals surface area contributed by atoms with E-state index in [-0.39, 0.29) is 0 Å². The van der Waals surface area contributed by atoms with Crippen LogP contribution in [0.1, 0.15) is 0 Å². The quantitative estimate of drug-likeness (QED) is 0.159. The lowest BCUT2D eigenvalue weighted by molar-refractivity contribution is 0.668. The van der Waals surface area contributed by atoms with Gasteiger partial charge in [-0.15, -0.1) is 0 Å². The molecule has 0 bridgehead atoms. The van der Waals surface area contributed by atoms with Crippen molar-refractivity contribution < 1.29 is 8.83 Å². The van der Waals surface area contributed by atoms with Gasteiger partial charge in [0.1, 0.15) is 22.3 Å². The van der Waals surface area contributed by atoms with Crippen LogP contribution in [0.4, 0.5) is 0 Å². The predicted molar refractivity (Wildman–Crippen MR) is 310 cm³/mol. The van der Waals surface area contributed by atoms with E-state index >= 15 is 0 Å². The summed E-state index contributed by atoms with van der Waals surface area (Å²) in [5.41, 5.74) is 16.4. The number of rotatable bonds is 7. The Bertz CT molecular complexity index is 4650. The summed E-state index contributed by atoms with van der Waals surface area (Å²) in [4.78, 5) is 16.3. The third-order valence-corrected chi connectivity index (χ3v) is 15.1. The van der Waals surface area contributed by atoms with E-state index in [9.17, 15) is 0 Å². The molecule has 11 aromatic carbocycles. The average Bonchev–Trinajstić information content (AvgIpc) is 4.25. The van der Waals surface area contributed by atoms with Crippen molar-refractivity contribution in [3.8, 4) is 67.8 Å². The van der Waals surface area contributed by atoms with Crippen molar-refractivity contribution in [2.45, 2.75) is 0 Å². The molecule has 0 aliphatic carbocycles. The van der Waals surface area contributed by atoms with E-state index < -0.39 is 0 Å². The molecule has 5 aromatic heterocycles. The Labute approximate surface area is 434 Å². The molecule has 16 aromatic rings.